The minimum Gasteiger partial charge on any atom is -0.463 e. The van der Waals surface area contributed by atoms with Crippen LogP contribution in [0.25, 0.3) is 0 Å². The van der Waals surface area contributed by atoms with Gasteiger partial charge in [0, 0.05) is 64.1 Å². The molecule has 21 heteroatoms. The first-order valence-corrected chi connectivity index (χ1v) is 25.2. The van der Waals surface area contributed by atoms with Gasteiger partial charge in [-0.05, 0) is 77.6 Å². The molecule has 4 atom stereocenters. The molecule has 4 unspecified atom stereocenters. The number of ether oxygens (including phenoxy) is 6. The first-order chi connectivity index (χ1) is 34.1. The summed E-state index contributed by atoms with van der Waals surface area (Å²) in [6.45, 7) is 5.36. The number of nitrogens with one attached hydrogen (secondary N) is 3. The summed E-state index contributed by atoms with van der Waals surface area (Å²) in [5, 5.41) is 0. The highest BCUT2D eigenvalue weighted by atomic mass is 16.6. The van der Waals surface area contributed by atoms with E-state index in [2.05, 4.69) is 15.0 Å². The molecule has 4 fully saturated rings. The average molecular weight is 999 g/mol. The van der Waals surface area contributed by atoms with Crippen LogP contribution >= 0.6 is 0 Å². The van der Waals surface area contributed by atoms with Crippen molar-refractivity contribution >= 4 is 17.9 Å². The van der Waals surface area contributed by atoms with E-state index < -0.39 is 40.0 Å². The van der Waals surface area contributed by atoms with Gasteiger partial charge in [-0.3, -0.25) is 48.3 Å². The number of nitrogens with zero attached hydrogens (tertiary/aromatic N) is 3. The summed E-state index contributed by atoms with van der Waals surface area (Å²) >= 11 is 0. The van der Waals surface area contributed by atoms with Crippen LogP contribution in [0.15, 0.2) is 65.6 Å². The van der Waals surface area contributed by atoms with E-state index in [-0.39, 0.29) is 72.8 Å². The minimum absolute atomic E-state index is 0.0272. The SMILES string of the molecule is CC1(C(=O)OCC2CCC(n3ccc(=O)[nH]c3=O)O2)CCCCC1.CCC1(C(=O)OCC(CCn2ccc(=O)[nH]c2=O)OC)CCCCC1.COC(CCn1ccc(=O)[nH]c1=O)COC(=O)C1CCCC1. The Morgan fingerprint density at radius 3 is 1.65 bits per heavy atom. The van der Waals surface area contributed by atoms with Gasteiger partial charge in [-0.1, -0.05) is 58.3 Å². The fraction of sp³-hybridized carbons (Fsp3) is 0.700. The minimum atomic E-state index is -0.486. The van der Waals surface area contributed by atoms with Crippen molar-refractivity contribution in [1.82, 2.24) is 28.7 Å². The Morgan fingerprint density at radius 2 is 1.14 bits per heavy atom. The fourth-order valence-electron chi connectivity index (χ4n) is 9.60. The van der Waals surface area contributed by atoms with Crippen LogP contribution in [0, 0.1) is 16.7 Å². The van der Waals surface area contributed by atoms with Gasteiger partial charge in [0.05, 0.1) is 35.1 Å². The largest absolute Gasteiger partial charge is 0.463 e. The number of hydrogen-bond acceptors (Lipinski definition) is 15. The van der Waals surface area contributed by atoms with E-state index in [1.54, 1.807) is 14.2 Å². The molecule has 3 aromatic rings. The second-order valence-corrected chi connectivity index (χ2v) is 19.3. The number of H-pyrrole nitrogens is 3. The lowest BCUT2D eigenvalue weighted by atomic mass is 9.72. The molecule has 4 heterocycles. The van der Waals surface area contributed by atoms with Crippen molar-refractivity contribution in [1.29, 1.82) is 0 Å². The normalized spacial score (nSPS) is 20.3. The molecule has 1 saturated heterocycles. The molecule has 394 valence electrons. The number of aromatic nitrogens is 6. The number of methoxy groups -OCH3 is 2. The molecule has 7 rings (SSSR count). The van der Waals surface area contributed by atoms with Crippen molar-refractivity contribution in [3.05, 3.63) is 99.3 Å². The van der Waals surface area contributed by atoms with Gasteiger partial charge in [-0.2, -0.15) is 0 Å². The fourth-order valence-corrected chi connectivity index (χ4v) is 9.60. The van der Waals surface area contributed by atoms with Crippen LogP contribution in [0.1, 0.15) is 142 Å². The molecule has 71 heavy (non-hydrogen) atoms. The number of esters is 3. The molecule has 0 radical (unpaired) electrons. The van der Waals surface area contributed by atoms with E-state index >= 15 is 0 Å². The van der Waals surface area contributed by atoms with Crippen molar-refractivity contribution in [3.8, 4) is 0 Å². The lowest BCUT2D eigenvalue weighted by molar-refractivity contribution is -0.162. The van der Waals surface area contributed by atoms with Gasteiger partial charge in [-0.15, -0.1) is 0 Å². The monoisotopic (exact) mass is 999 g/mol. The van der Waals surface area contributed by atoms with E-state index in [9.17, 15) is 43.2 Å². The van der Waals surface area contributed by atoms with Crippen molar-refractivity contribution in [2.45, 2.75) is 173 Å². The Morgan fingerprint density at radius 1 is 0.634 bits per heavy atom. The summed E-state index contributed by atoms with van der Waals surface area (Å²) in [6.07, 6.45) is 20.5. The quantitative estimate of drug-likeness (QED) is 0.112. The predicted molar refractivity (Wildman–Crippen MR) is 260 cm³/mol. The number of rotatable bonds is 19. The smallest absolute Gasteiger partial charge is 0.330 e. The molecular weight excluding hydrogens is 925 g/mol. The van der Waals surface area contributed by atoms with Crippen LogP contribution in [-0.2, 0) is 55.9 Å². The molecule has 0 amide bonds. The molecule has 3 N–H and O–H groups in total. The molecule has 3 aliphatic carbocycles. The summed E-state index contributed by atoms with van der Waals surface area (Å²) < 4.78 is 37.0. The topological polar surface area (TPSA) is 271 Å². The van der Waals surface area contributed by atoms with Gasteiger partial charge in [0.1, 0.15) is 26.0 Å². The average Bonchev–Trinajstić information content (AvgIpc) is 4.09. The summed E-state index contributed by atoms with van der Waals surface area (Å²) in [4.78, 5) is 112. The Bertz CT molecular complexity index is 2520. The van der Waals surface area contributed by atoms with Crippen LogP contribution in [-0.4, -0.2) is 98.9 Å². The highest BCUT2D eigenvalue weighted by Gasteiger charge is 2.40. The Hall–Kier alpha value is -5.67. The maximum Gasteiger partial charge on any atom is 0.330 e. The number of aryl methyl sites for hydroxylation is 2. The predicted octanol–water partition coefficient (Wildman–Crippen LogP) is 4.25. The summed E-state index contributed by atoms with van der Waals surface area (Å²) in [5.74, 6) is -0.395. The van der Waals surface area contributed by atoms with Gasteiger partial charge in [0.15, 0.2) is 0 Å². The third-order valence-corrected chi connectivity index (χ3v) is 14.4. The summed E-state index contributed by atoms with van der Waals surface area (Å²) in [7, 11) is 3.11. The Balaban J connectivity index is 0.000000198. The van der Waals surface area contributed by atoms with Gasteiger partial charge in [0.25, 0.3) is 16.7 Å². The maximum absolute atomic E-state index is 12.6. The summed E-state index contributed by atoms with van der Waals surface area (Å²) in [6, 6.07) is 3.89. The first kappa shape index (κ1) is 56.2. The molecule has 0 bridgehead atoms. The van der Waals surface area contributed by atoms with E-state index in [0.29, 0.717) is 38.8 Å². The van der Waals surface area contributed by atoms with Crippen LogP contribution in [0.3, 0.4) is 0 Å². The lowest BCUT2D eigenvalue weighted by Crippen LogP contribution is -2.36. The van der Waals surface area contributed by atoms with Crippen LogP contribution in [0.4, 0.5) is 0 Å². The van der Waals surface area contributed by atoms with Gasteiger partial charge < -0.3 is 37.6 Å². The summed E-state index contributed by atoms with van der Waals surface area (Å²) in [5.41, 5.74) is -3.37. The molecule has 3 saturated carbocycles. The number of aromatic amines is 3. The second-order valence-electron chi connectivity index (χ2n) is 19.3. The van der Waals surface area contributed by atoms with Crippen LogP contribution in [0.5, 0.6) is 0 Å². The highest BCUT2D eigenvalue weighted by molar-refractivity contribution is 5.77. The Kier molecular flexibility index (Phi) is 22.0. The number of carbonyl (C=O) groups excluding carboxylic acids is 3. The van der Waals surface area contributed by atoms with E-state index in [1.165, 1.54) is 63.3 Å². The van der Waals surface area contributed by atoms with Crippen LogP contribution in [0.2, 0.25) is 0 Å². The van der Waals surface area contributed by atoms with Gasteiger partial charge >= 0.3 is 35.0 Å². The van der Waals surface area contributed by atoms with Crippen LogP contribution < -0.4 is 33.7 Å². The van der Waals surface area contributed by atoms with Gasteiger partial charge in [0.2, 0.25) is 0 Å². The third-order valence-electron chi connectivity index (χ3n) is 14.4. The van der Waals surface area contributed by atoms with E-state index in [0.717, 1.165) is 83.5 Å². The van der Waals surface area contributed by atoms with E-state index in [1.807, 2.05) is 13.8 Å². The third kappa shape index (κ3) is 17.0. The first-order valence-electron chi connectivity index (χ1n) is 25.2. The molecule has 21 nitrogen and oxygen atoms in total. The van der Waals surface area contributed by atoms with Crippen molar-refractivity contribution < 1.29 is 42.8 Å². The lowest BCUT2D eigenvalue weighted by Gasteiger charge is -2.34. The number of hydrogen-bond donors (Lipinski definition) is 3. The zero-order valence-electron chi connectivity index (χ0n) is 41.8. The standard InChI is InChI=1S/C18H28N2O5.C17H24N2O5.C15H22N2O5/c1-3-18(9-5-4-6-10-18)16(22)25-13-14(24-2)7-11-20-12-8-15(21)19-17(20)23;1-17(8-3-2-4-9-17)15(21)23-11-12-5-6-14(24-12)19-10-7-13(20)18-16(19)22;1-21-12(10-22-14(19)11-4-2-3-5-11)6-8-17-9-7-13(18)16-15(17)20/h8,12,14H,3-7,9-11,13H2,1-2H3,(H,19,21,23);7,10,12,14H,2-6,8-9,11H2,1H3,(H,18,20,22);7,9,11-12H,2-6,8,10H2,1H3,(H,16,18,20). The van der Waals surface area contributed by atoms with Crippen molar-refractivity contribution in [3.63, 3.8) is 0 Å². The number of carbonyl (C=O) groups is 3. The van der Waals surface area contributed by atoms with E-state index in [4.69, 9.17) is 28.4 Å². The highest BCUT2D eigenvalue weighted by Crippen LogP contribution is 2.40. The molecule has 0 spiro atoms. The van der Waals surface area contributed by atoms with Gasteiger partial charge in [-0.25, -0.2) is 14.4 Å². The molecule has 1 aliphatic heterocycles. The van der Waals surface area contributed by atoms with Crippen molar-refractivity contribution in [2.75, 3.05) is 34.0 Å². The zero-order chi connectivity index (χ0) is 51.4. The Labute approximate surface area is 411 Å². The van der Waals surface area contributed by atoms with Crippen molar-refractivity contribution in [2.24, 2.45) is 16.7 Å². The maximum atomic E-state index is 12.6. The molecule has 0 aromatic carbocycles. The second kappa shape index (κ2) is 27.8. The molecule has 3 aromatic heterocycles. The molecular formula is C50H74N6O15. The molecule has 4 aliphatic rings. The zero-order valence-corrected chi connectivity index (χ0v) is 41.8.